The number of benzene rings is 2. The molecule has 7 nitrogen and oxygen atoms in total. The van der Waals surface area contributed by atoms with Gasteiger partial charge in [0.1, 0.15) is 6.04 Å². The summed E-state index contributed by atoms with van der Waals surface area (Å²) in [6.45, 7) is 8.51. The standard InChI is InChI=1S/C28H39Cl2N3O4S/c1-6-8-16-31-28(35)26(7-2)32(19-23-24(29)11-9-12-25(23)30)27(34)13-10-17-33(38(5,36)37)22-15-14-20(3)21(4)18-22/h9,11-12,14-15,18,26H,6-8,10,13,16-17,19H2,1-5H3,(H,31,35)/t26-/m1/s1. The molecule has 1 atom stereocenters. The largest absolute Gasteiger partial charge is 0.354 e. The quantitative estimate of drug-likeness (QED) is 0.281. The summed E-state index contributed by atoms with van der Waals surface area (Å²) in [5, 5.41) is 3.75. The van der Waals surface area contributed by atoms with Gasteiger partial charge in [-0.25, -0.2) is 8.42 Å². The molecular formula is C28H39Cl2N3O4S. The highest BCUT2D eigenvalue weighted by Gasteiger charge is 2.29. The third-order valence-corrected chi connectivity index (χ3v) is 8.44. The van der Waals surface area contributed by atoms with Gasteiger partial charge in [0.15, 0.2) is 0 Å². The molecule has 0 aromatic heterocycles. The second-order valence-electron chi connectivity index (χ2n) is 9.50. The summed E-state index contributed by atoms with van der Waals surface area (Å²) < 4.78 is 26.5. The van der Waals surface area contributed by atoms with Crippen molar-refractivity contribution in [3.05, 3.63) is 63.1 Å². The summed E-state index contributed by atoms with van der Waals surface area (Å²) in [5.74, 6) is -0.502. The number of rotatable bonds is 14. The molecule has 2 rings (SSSR count). The van der Waals surface area contributed by atoms with E-state index in [4.69, 9.17) is 23.2 Å². The normalized spacial score (nSPS) is 12.2. The molecule has 0 heterocycles. The van der Waals surface area contributed by atoms with E-state index in [9.17, 15) is 18.0 Å². The topological polar surface area (TPSA) is 86.8 Å². The monoisotopic (exact) mass is 583 g/mol. The summed E-state index contributed by atoms with van der Waals surface area (Å²) in [7, 11) is -3.56. The lowest BCUT2D eigenvalue weighted by Crippen LogP contribution is -2.49. The maximum atomic E-state index is 13.6. The molecule has 1 N–H and O–H groups in total. The molecule has 0 spiro atoms. The Kier molecular flexibility index (Phi) is 12.4. The fraction of sp³-hybridized carbons (Fsp3) is 0.500. The van der Waals surface area contributed by atoms with Gasteiger partial charge in [0.05, 0.1) is 11.9 Å². The average molecular weight is 585 g/mol. The summed E-state index contributed by atoms with van der Waals surface area (Å²) >= 11 is 12.8. The molecule has 0 saturated carbocycles. The Morgan fingerprint density at radius 1 is 1.00 bits per heavy atom. The van der Waals surface area contributed by atoms with Crippen LogP contribution in [0, 0.1) is 13.8 Å². The first-order valence-corrected chi connectivity index (χ1v) is 15.6. The maximum Gasteiger partial charge on any atom is 0.242 e. The Bertz CT molecular complexity index is 1200. The molecule has 0 radical (unpaired) electrons. The number of carbonyl (C=O) groups excluding carboxylic acids is 2. The Balaban J connectivity index is 2.27. The van der Waals surface area contributed by atoms with Gasteiger partial charge in [-0.2, -0.15) is 0 Å². The highest BCUT2D eigenvalue weighted by molar-refractivity contribution is 7.92. The minimum atomic E-state index is -3.56. The maximum absolute atomic E-state index is 13.6. The van der Waals surface area contributed by atoms with E-state index < -0.39 is 16.1 Å². The van der Waals surface area contributed by atoms with E-state index in [-0.39, 0.29) is 37.7 Å². The molecule has 0 unspecified atom stereocenters. The molecule has 0 bridgehead atoms. The Labute approximate surface area is 237 Å². The zero-order chi connectivity index (χ0) is 28.5. The van der Waals surface area contributed by atoms with Crippen molar-refractivity contribution in [2.24, 2.45) is 0 Å². The fourth-order valence-electron chi connectivity index (χ4n) is 4.16. The van der Waals surface area contributed by atoms with Crippen molar-refractivity contribution < 1.29 is 18.0 Å². The SMILES string of the molecule is CCCCNC(=O)[C@@H](CC)N(Cc1c(Cl)cccc1Cl)C(=O)CCCN(c1ccc(C)c(C)c1)S(C)(=O)=O. The first-order chi connectivity index (χ1) is 17.9. The van der Waals surface area contributed by atoms with Crippen LogP contribution in [0.15, 0.2) is 36.4 Å². The average Bonchev–Trinajstić information content (AvgIpc) is 2.84. The summed E-state index contributed by atoms with van der Waals surface area (Å²) in [6.07, 6.45) is 3.67. The Hall–Kier alpha value is -2.29. The Morgan fingerprint density at radius 2 is 1.66 bits per heavy atom. The summed E-state index contributed by atoms with van der Waals surface area (Å²) in [4.78, 5) is 28.1. The van der Waals surface area contributed by atoms with Crippen molar-refractivity contribution in [3.8, 4) is 0 Å². The Morgan fingerprint density at radius 3 is 2.21 bits per heavy atom. The molecule has 38 heavy (non-hydrogen) atoms. The molecular weight excluding hydrogens is 545 g/mol. The molecule has 0 saturated heterocycles. The highest BCUT2D eigenvalue weighted by atomic mass is 35.5. The second kappa shape index (κ2) is 14.8. The number of unbranched alkanes of at least 4 members (excludes halogenated alkanes) is 1. The molecule has 2 aromatic rings. The lowest BCUT2D eigenvalue weighted by molar-refractivity contribution is -0.141. The van der Waals surface area contributed by atoms with Crippen LogP contribution < -0.4 is 9.62 Å². The zero-order valence-electron chi connectivity index (χ0n) is 22.9. The van der Waals surface area contributed by atoms with E-state index in [2.05, 4.69) is 5.32 Å². The van der Waals surface area contributed by atoms with Crippen molar-refractivity contribution in [1.82, 2.24) is 10.2 Å². The molecule has 0 fully saturated rings. The number of hydrogen-bond acceptors (Lipinski definition) is 4. The lowest BCUT2D eigenvalue weighted by atomic mass is 10.1. The highest BCUT2D eigenvalue weighted by Crippen LogP contribution is 2.28. The summed E-state index contributed by atoms with van der Waals surface area (Å²) in [5.41, 5.74) is 3.17. The van der Waals surface area contributed by atoms with E-state index in [0.717, 1.165) is 30.2 Å². The molecule has 0 aliphatic rings. The molecule has 0 aliphatic heterocycles. The zero-order valence-corrected chi connectivity index (χ0v) is 25.2. The van der Waals surface area contributed by atoms with E-state index in [1.165, 1.54) is 9.21 Å². The van der Waals surface area contributed by atoms with Crippen LogP contribution in [-0.2, 0) is 26.2 Å². The number of sulfonamides is 1. The number of anilines is 1. The van der Waals surface area contributed by atoms with Gasteiger partial charge in [0.25, 0.3) is 0 Å². The number of nitrogens with zero attached hydrogens (tertiary/aromatic N) is 2. The van der Waals surface area contributed by atoms with Crippen LogP contribution in [0.1, 0.15) is 62.6 Å². The second-order valence-corrected chi connectivity index (χ2v) is 12.2. The van der Waals surface area contributed by atoms with Crippen LogP contribution in [0.5, 0.6) is 0 Å². The number of nitrogens with one attached hydrogen (secondary N) is 1. The predicted octanol–water partition coefficient (Wildman–Crippen LogP) is 5.88. The minimum Gasteiger partial charge on any atom is -0.354 e. The number of amides is 2. The van der Waals surface area contributed by atoms with Crippen molar-refractivity contribution in [2.45, 2.75) is 72.4 Å². The van der Waals surface area contributed by atoms with Crippen LogP contribution in [0.3, 0.4) is 0 Å². The van der Waals surface area contributed by atoms with Crippen LogP contribution in [0.2, 0.25) is 10.0 Å². The van der Waals surface area contributed by atoms with Crippen LogP contribution in [0.25, 0.3) is 0 Å². The lowest BCUT2D eigenvalue weighted by Gasteiger charge is -2.31. The molecule has 2 aromatic carbocycles. The number of halogens is 2. The van der Waals surface area contributed by atoms with E-state index in [1.54, 1.807) is 24.3 Å². The van der Waals surface area contributed by atoms with Gasteiger partial charge in [0, 0.05) is 41.7 Å². The smallest absolute Gasteiger partial charge is 0.242 e. The first kappa shape index (κ1) is 31.9. The first-order valence-electron chi connectivity index (χ1n) is 13.0. The van der Waals surface area contributed by atoms with Gasteiger partial charge in [-0.3, -0.25) is 13.9 Å². The van der Waals surface area contributed by atoms with E-state index >= 15 is 0 Å². The van der Waals surface area contributed by atoms with Gasteiger partial charge in [-0.1, -0.05) is 55.6 Å². The van der Waals surface area contributed by atoms with Gasteiger partial charge in [0.2, 0.25) is 21.8 Å². The molecule has 10 heteroatoms. The molecule has 0 aliphatic carbocycles. The van der Waals surface area contributed by atoms with Crippen molar-refractivity contribution in [2.75, 3.05) is 23.7 Å². The summed E-state index contributed by atoms with van der Waals surface area (Å²) in [6, 6.07) is 9.89. The van der Waals surface area contributed by atoms with Gasteiger partial charge in [-0.05, 0) is 68.5 Å². The predicted molar refractivity (Wildman–Crippen MR) is 156 cm³/mol. The van der Waals surface area contributed by atoms with Gasteiger partial charge in [-0.15, -0.1) is 0 Å². The van der Waals surface area contributed by atoms with Crippen molar-refractivity contribution >= 4 is 50.7 Å². The van der Waals surface area contributed by atoms with Crippen molar-refractivity contribution in [3.63, 3.8) is 0 Å². The minimum absolute atomic E-state index is 0.0532. The van der Waals surface area contributed by atoms with Gasteiger partial charge < -0.3 is 10.2 Å². The number of carbonyl (C=O) groups is 2. The molecule has 210 valence electrons. The third-order valence-electron chi connectivity index (χ3n) is 6.54. The van der Waals surface area contributed by atoms with Crippen LogP contribution in [0.4, 0.5) is 5.69 Å². The van der Waals surface area contributed by atoms with E-state index in [0.29, 0.717) is 34.3 Å². The van der Waals surface area contributed by atoms with E-state index in [1.807, 2.05) is 39.8 Å². The fourth-order valence-corrected chi connectivity index (χ4v) is 5.64. The number of aryl methyl sites for hydroxylation is 2. The van der Waals surface area contributed by atoms with Crippen LogP contribution in [-0.4, -0.2) is 50.5 Å². The molecule has 2 amide bonds. The third kappa shape index (κ3) is 8.89. The van der Waals surface area contributed by atoms with Crippen LogP contribution >= 0.6 is 23.2 Å². The number of hydrogen-bond donors (Lipinski definition) is 1. The van der Waals surface area contributed by atoms with Crippen molar-refractivity contribution in [1.29, 1.82) is 0 Å². The van der Waals surface area contributed by atoms with Gasteiger partial charge >= 0.3 is 0 Å².